The number of benzene rings is 1. The number of halogens is 1. The molecule has 3 aliphatic rings. The second kappa shape index (κ2) is 6.53. The molecule has 24 heavy (non-hydrogen) atoms. The molecule has 1 aromatic rings. The largest absolute Gasteiger partial charge is 0.340 e. The Kier molecular flexibility index (Phi) is 4.60. The third-order valence-electron chi connectivity index (χ3n) is 5.05. The number of imide groups is 1. The Bertz CT molecular complexity index is 658. The standard InChI is InChI=1S/C17H19N3O3.ClH/c21-15(19-8-7-11-5-6-12(9-19)18-11)10-20-16(22)13-3-1-2-4-14(13)17(20)23;/h1-4,11-12,18H,5-10H2;1H. The molecule has 3 heterocycles. The summed E-state index contributed by atoms with van der Waals surface area (Å²) < 4.78 is 0. The average Bonchev–Trinajstić information content (AvgIpc) is 3.00. The predicted octanol–water partition coefficient (Wildman–Crippen LogP) is 1.06. The summed E-state index contributed by atoms with van der Waals surface area (Å²) in [6.45, 7) is 1.19. The first kappa shape index (κ1) is 16.9. The summed E-state index contributed by atoms with van der Waals surface area (Å²) in [5.74, 6) is -0.879. The molecule has 2 unspecified atom stereocenters. The highest BCUT2D eigenvalue weighted by molar-refractivity contribution is 6.22. The summed E-state index contributed by atoms with van der Waals surface area (Å²) in [6.07, 6.45) is 3.19. The number of nitrogens with one attached hydrogen (secondary N) is 1. The van der Waals surface area contributed by atoms with Gasteiger partial charge in [-0.2, -0.15) is 0 Å². The third kappa shape index (κ3) is 2.80. The van der Waals surface area contributed by atoms with E-state index in [1.54, 1.807) is 29.2 Å². The van der Waals surface area contributed by atoms with Gasteiger partial charge in [-0.1, -0.05) is 12.1 Å². The highest BCUT2D eigenvalue weighted by Gasteiger charge is 2.38. The number of fused-ring (bicyclic) bond motifs is 3. The molecule has 2 bridgehead atoms. The molecular weight excluding hydrogens is 330 g/mol. The van der Waals surface area contributed by atoms with Crippen molar-refractivity contribution in [3.63, 3.8) is 0 Å². The Morgan fingerprint density at radius 3 is 2.33 bits per heavy atom. The van der Waals surface area contributed by atoms with Gasteiger partial charge in [-0.3, -0.25) is 19.3 Å². The van der Waals surface area contributed by atoms with E-state index in [0.29, 0.717) is 36.3 Å². The maximum absolute atomic E-state index is 12.6. The van der Waals surface area contributed by atoms with Crippen molar-refractivity contribution in [2.75, 3.05) is 19.6 Å². The molecule has 0 saturated carbocycles. The van der Waals surface area contributed by atoms with Crippen molar-refractivity contribution in [2.45, 2.75) is 31.3 Å². The minimum atomic E-state index is -0.367. The van der Waals surface area contributed by atoms with Gasteiger partial charge in [0, 0.05) is 25.2 Å². The second-order valence-electron chi connectivity index (χ2n) is 6.51. The summed E-state index contributed by atoms with van der Waals surface area (Å²) >= 11 is 0. The summed E-state index contributed by atoms with van der Waals surface area (Å²) in [7, 11) is 0. The minimum absolute atomic E-state index is 0. The molecular formula is C17H20ClN3O3. The number of likely N-dealkylation sites (tertiary alicyclic amines) is 1. The average molecular weight is 350 g/mol. The number of amides is 3. The lowest BCUT2D eigenvalue weighted by Crippen LogP contribution is -2.45. The van der Waals surface area contributed by atoms with E-state index in [1.807, 2.05) is 0 Å². The maximum Gasteiger partial charge on any atom is 0.262 e. The quantitative estimate of drug-likeness (QED) is 0.810. The monoisotopic (exact) mass is 349 g/mol. The fraction of sp³-hybridized carbons (Fsp3) is 0.471. The first-order valence-electron chi connectivity index (χ1n) is 8.12. The number of carbonyl (C=O) groups excluding carboxylic acids is 3. The number of nitrogens with zero attached hydrogens (tertiary/aromatic N) is 2. The highest BCUT2D eigenvalue weighted by Crippen LogP contribution is 2.24. The lowest BCUT2D eigenvalue weighted by molar-refractivity contribution is -0.131. The summed E-state index contributed by atoms with van der Waals surface area (Å²) in [5, 5.41) is 3.52. The fourth-order valence-electron chi connectivity index (χ4n) is 3.79. The molecule has 0 aromatic heterocycles. The van der Waals surface area contributed by atoms with Gasteiger partial charge in [-0.25, -0.2) is 0 Å². The molecule has 1 aromatic carbocycles. The maximum atomic E-state index is 12.6. The molecule has 2 saturated heterocycles. The van der Waals surface area contributed by atoms with Crippen molar-refractivity contribution in [3.05, 3.63) is 35.4 Å². The SMILES string of the molecule is Cl.O=C(CN1C(=O)c2ccccc2C1=O)N1CCC2CCC(C1)N2. The van der Waals surface area contributed by atoms with Crippen LogP contribution >= 0.6 is 12.4 Å². The minimum Gasteiger partial charge on any atom is -0.340 e. The van der Waals surface area contributed by atoms with Gasteiger partial charge < -0.3 is 10.2 Å². The lowest BCUT2D eigenvalue weighted by atomic mass is 10.1. The Morgan fingerprint density at radius 1 is 1.04 bits per heavy atom. The molecule has 3 amide bonds. The van der Waals surface area contributed by atoms with Crippen LogP contribution in [0.25, 0.3) is 0 Å². The highest BCUT2D eigenvalue weighted by atomic mass is 35.5. The molecule has 3 aliphatic heterocycles. The van der Waals surface area contributed by atoms with Crippen LogP contribution in [0.2, 0.25) is 0 Å². The van der Waals surface area contributed by atoms with Crippen LogP contribution in [0, 0.1) is 0 Å². The zero-order valence-electron chi connectivity index (χ0n) is 13.2. The van der Waals surface area contributed by atoms with Crippen molar-refractivity contribution in [2.24, 2.45) is 0 Å². The van der Waals surface area contributed by atoms with Crippen molar-refractivity contribution in [1.29, 1.82) is 0 Å². The van der Waals surface area contributed by atoms with Crippen LogP contribution in [0.5, 0.6) is 0 Å². The van der Waals surface area contributed by atoms with Crippen molar-refractivity contribution < 1.29 is 14.4 Å². The van der Waals surface area contributed by atoms with Crippen molar-refractivity contribution in [3.8, 4) is 0 Å². The predicted molar refractivity (Wildman–Crippen MR) is 90.2 cm³/mol. The van der Waals surface area contributed by atoms with Crippen molar-refractivity contribution >= 4 is 30.1 Å². The topological polar surface area (TPSA) is 69.7 Å². The zero-order valence-corrected chi connectivity index (χ0v) is 14.1. The number of hydrogen-bond donors (Lipinski definition) is 1. The zero-order chi connectivity index (χ0) is 16.0. The fourth-order valence-corrected chi connectivity index (χ4v) is 3.79. The Morgan fingerprint density at radius 2 is 1.67 bits per heavy atom. The van der Waals surface area contributed by atoms with Gasteiger partial charge in [0.25, 0.3) is 11.8 Å². The molecule has 0 aliphatic carbocycles. The third-order valence-corrected chi connectivity index (χ3v) is 5.05. The molecule has 1 N–H and O–H groups in total. The molecule has 128 valence electrons. The van der Waals surface area contributed by atoms with Gasteiger partial charge in [0.15, 0.2) is 0 Å². The summed E-state index contributed by atoms with van der Waals surface area (Å²) in [6, 6.07) is 7.56. The van der Waals surface area contributed by atoms with E-state index in [1.165, 1.54) is 6.42 Å². The number of hydrogen-bond acceptors (Lipinski definition) is 4. The van der Waals surface area contributed by atoms with Crippen molar-refractivity contribution in [1.82, 2.24) is 15.1 Å². The van der Waals surface area contributed by atoms with Crippen LogP contribution in [0.4, 0.5) is 0 Å². The van der Waals surface area contributed by atoms with Crippen LogP contribution in [0.3, 0.4) is 0 Å². The molecule has 7 heteroatoms. The molecule has 6 nitrogen and oxygen atoms in total. The van der Waals surface area contributed by atoms with Crippen LogP contribution < -0.4 is 5.32 Å². The Labute approximate surface area is 146 Å². The van der Waals surface area contributed by atoms with E-state index in [-0.39, 0.29) is 36.7 Å². The van der Waals surface area contributed by atoms with E-state index in [0.717, 1.165) is 17.7 Å². The van der Waals surface area contributed by atoms with Crippen LogP contribution in [-0.2, 0) is 4.79 Å². The molecule has 2 fully saturated rings. The van der Waals surface area contributed by atoms with E-state index < -0.39 is 0 Å². The normalized spacial score (nSPS) is 25.3. The van der Waals surface area contributed by atoms with Gasteiger partial charge in [0.05, 0.1) is 11.1 Å². The van der Waals surface area contributed by atoms with E-state index >= 15 is 0 Å². The second-order valence-corrected chi connectivity index (χ2v) is 6.51. The van der Waals surface area contributed by atoms with E-state index in [2.05, 4.69) is 5.32 Å². The Balaban J connectivity index is 0.00000169. The van der Waals surface area contributed by atoms with Gasteiger partial charge in [0.1, 0.15) is 6.54 Å². The van der Waals surface area contributed by atoms with Crippen LogP contribution in [0.1, 0.15) is 40.0 Å². The Hall–Kier alpha value is -1.92. The number of carbonyl (C=O) groups is 3. The lowest BCUT2D eigenvalue weighted by Gasteiger charge is -2.26. The van der Waals surface area contributed by atoms with E-state index in [9.17, 15) is 14.4 Å². The molecule has 0 radical (unpaired) electrons. The molecule has 0 spiro atoms. The summed E-state index contributed by atoms with van der Waals surface area (Å²) in [4.78, 5) is 40.1. The first-order chi connectivity index (χ1) is 11.1. The van der Waals surface area contributed by atoms with Gasteiger partial charge in [-0.15, -0.1) is 12.4 Å². The molecule has 2 atom stereocenters. The van der Waals surface area contributed by atoms with Crippen LogP contribution in [-0.4, -0.2) is 59.2 Å². The molecule has 4 rings (SSSR count). The van der Waals surface area contributed by atoms with Gasteiger partial charge in [0.2, 0.25) is 5.91 Å². The summed E-state index contributed by atoms with van der Waals surface area (Å²) in [5.41, 5.74) is 0.781. The smallest absolute Gasteiger partial charge is 0.262 e. The van der Waals surface area contributed by atoms with Gasteiger partial charge in [-0.05, 0) is 31.4 Å². The first-order valence-corrected chi connectivity index (χ1v) is 8.12. The van der Waals surface area contributed by atoms with Gasteiger partial charge >= 0.3 is 0 Å². The number of rotatable bonds is 2. The van der Waals surface area contributed by atoms with Crippen LogP contribution in [0.15, 0.2) is 24.3 Å². The van der Waals surface area contributed by atoms with E-state index in [4.69, 9.17) is 0 Å².